The van der Waals surface area contributed by atoms with Crippen LogP contribution in [0.2, 0.25) is 0 Å². The Hall–Kier alpha value is -1.83. The molecule has 3 unspecified atom stereocenters. The minimum atomic E-state index is -0.801. The quantitative estimate of drug-likeness (QED) is 0.353. The second-order valence-electron chi connectivity index (χ2n) is 8.02. The molecule has 0 saturated heterocycles. The topological polar surface area (TPSA) is 37.3 Å². The molecule has 0 fully saturated rings. The third-order valence-corrected chi connectivity index (χ3v) is 6.31. The number of benzene rings is 1. The molecule has 154 valence electrons. The van der Waals surface area contributed by atoms with Crippen molar-refractivity contribution in [2.75, 3.05) is 0 Å². The fourth-order valence-corrected chi connectivity index (χ4v) is 4.92. The average Bonchev–Trinajstić information content (AvgIpc) is 3.20. The van der Waals surface area contributed by atoms with E-state index in [4.69, 9.17) is 0 Å². The molecule has 2 aliphatic rings. The summed E-state index contributed by atoms with van der Waals surface area (Å²) in [6, 6.07) is 5.78. The Kier molecular flexibility index (Phi) is 9.02. The molecular weight excluding hydrogens is 344 g/mol. The predicted octanol–water partition coefficient (Wildman–Crippen LogP) is 7.55. The summed E-state index contributed by atoms with van der Waals surface area (Å²) < 4.78 is 0. The molecule has 1 aromatic carbocycles. The van der Waals surface area contributed by atoms with E-state index in [-0.39, 0.29) is 5.92 Å². The lowest BCUT2D eigenvalue weighted by atomic mass is 9.66. The number of hydrogen-bond donors (Lipinski definition) is 1. The van der Waals surface area contributed by atoms with Crippen LogP contribution in [-0.2, 0) is 6.42 Å². The molecule has 0 saturated carbocycles. The number of carbonyl (C=O) groups is 1. The average molecular weight is 383 g/mol. The Morgan fingerprint density at radius 3 is 2.57 bits per heavy atom. The van der Waals surface area contributed by atoms with Crippen molar-refractivity contribution in [3.8, 4) is 0 Å². The molecule has 0 amide bonds. The molecule has 0 aromatic heterocycles. The summed E-state index contributed by atoms with van der Waals surface area (Å²) in [5, 5.41) is 9.60. The van der Waals surface area contributed by atoms with E-state index < -0.39 is 5.97 Å². The van der Waals surface area contributed by atoms with E-state index in [2.05, 4.69) is 31.7 Å². The maximum Gasteiger partial charge on any atom is 0.335 e. The monoisotopic (exact) mass is 382 g/mol. The highest BCUT2D eigenvalue weighted by atomic mass is 16.4. The van der Waals surface area contributed by atoms with Crippen molar-refractivity contribution >= 4 is 5.97 Å². The second-order valence-corrected chi connectivity index (χ2v) is 8.02. The van der Waals surface area contributed by atoms with Gasteiger partial charge in [-0.1, -0.05) is 89.3 Å². The van der Waals surface area contributed by atoms with Gasteiger partial charge in [0, 0.05) is 5.92 Å². The van der Waals surface area contributed by atoms with Crippen LogP contribution in [0.15, 0.2) is 42.5 Å². The molecule has 3 atom stereocenters. The number of unbranched alkanes of at least 4 members (excludes halogenated alkanes) is 5. The van der Waals surface area contributed by atoms with Gasteiger partial charge in [-0.05, 0) is 54.7 Å². The van der Waals surface area contributed by atoms with E-state index in [1.54, 1.807) is 6.07 Å². The number of aromatic carboxylic acids is 1. The first-order valence-electron chi connectivity index (χ1n) is 11.3. The van der Waals surface area contributed by atoms with Crippen molar-refractivity contribution in [3.63, 3.8) is 0 Å². The normalized spacial score (nSPS) is 22.0. The number of carboxylic acid groups (broad SMARTS) is 1. The van der Waals surface area contributed by atoms with E-state index in [0.717, 1.165) is 24.8 Å². The van der Waals surface area contributed by atoms with Gasteiger partial charge >= 0.3 is 5.97 Å². The van der Waals surface area contributed by atoms with Crippen molar-refractivity contribution in [3.05, 3.63) is 59.2 Å². The van der Waals surface area contributed by atoms with Crippen molar-refractivity contribution in [1.29, 1.82) is 0 Å². The maximum absolute atomic E-state index is 11.7. The molecule has 28 heavy (non-hydrogen) atoms. The van der Waals surface area contributed by atoms with Crippen LogP contribution in [0.25, 0.3) is 0 Å². The zero-order chi connectivity index (χ0) is 20.5. The lowest BCUT2D eigenvalue weighted by molar-refractivity contribution is 0.0694. The molecule has 2 heteroatoms. The Bertz CT molecular complexity index is 686. The van der Waals surface area contributed by atoms with Gasteiger partial charge in [0.2, 0.25) is 0 Å². The minimum absolute atomic E-state index is 0.248. The molecule has 1 N–H and O–H groups in total. The molecule has 0 spiro atoms. The third kappa shape index (κ3) is 5.16. The van der Waals surface area contributed by atoms with Crippen LogP contribution in [0, 0.1) is 11.8 Å². The molecule has 0 radical (unpaired) electrons. The molecule has 0 bridgehead atoms. The van der Waals surface area contributed by atoms with Gasteiger partial charge in [-0.15, -0.1) is 0 Å². The summed E-state index contributed by atoms with van der Waals surface area (Å²) in [4.78, 5) is 11.7. The van der Waals surface area contributed by atoms with E-state index in [1.165, 1.54) is 49.7 Å². The van der Waals surface area contributed by atoms with Gasteiger partial charge in [0.1, 0.15) is 0 Å². The predicted molar refractivity (Wildman–Crippen MR) is 119 cm³/mol. The van der Waals surface area contributed by atoms with Crippen LogP contribution in [-0.4, -0.2) is 11.1 Å². The van der Waals surface area contributed by atoms with Crippen LogP contribution >= 0.6 is 0 Å². The molecule has 1 aromatic rings. The molecule has 2 aliphatic carbocycles. The van der Waals surface area contributed by atoms with Crippen molar-refractivity contribution in [1.82, 2.24) is 0 Å². The first-order valence-corrected chi connectivity index (χ1v) is 11.3. The molecular formula is C26H38O2. The van der Waals surface area contributed by atoms with E-state index in [1.807, 2.05) is 19.9 Å². The summed E-state index contributed by atoms with van der Waals surface area (Å²) >= 11 is 0. The largest absolute Gasteiger partial charge is 0.478 e. The Balaban J connectivity index is 0.00000136. The Morgan fingerprint density at radius 2 is 1.86 bits per heavy atom. The van der Waals surface area contributed by atoms with Gasteiger partial charge in [-0.2, -0.15) is 0 Å². The zero-order valence-corrected chi connectivity index (χ0v) is 18.0. The molecule has 3 rings (SSSR count). The lowest BCUT2D eigenvalue weighted by Gasteiger charge is -2.37. The van der Waals surface area contributed by atoms with Gasteiger partial charge in [-0.25, -0.2) is 4.79 Å². The van der Waals surface area contributed by atoms with E-state index >= 15 is 0 Å². The third-order valence-electron chi connectivity index (χ3n) is 6.31. The molecule has 0 heterocycles. The summed E-state index contributed by atoms with van der Waals surface area (Å²) in [7, 11) is 0. The highest BCUT2D eigenvalue weighted by molar-refractivity contribution is 5.90. The maximum atomic E-state index is 11.7. The van der Waals surface area contributed by atoms with E-state index in [0.29, 0.717) is 17.4 Å². The minimum Gasteiger partial charge on any atom is -0.478 e. The van der Waals surface area contributed by atoms with Crippen molar-refractivity contribution in [2.24, 2.45) is 11.8 Å². The lowest BCUT2D eigenvalue weighted by Crippen LogP contribution is -2.29. The first kappa shape index (κ1) is 22.5. The number of rotatable bonds is 9. The van der Waals surface area contributed by atoms with Gasteiger partial charge < -0.3 is 5.11 Å². The van der Waals surface area contributed by atoms with Gasteiger partial charge in [-0.3, -0.25) is 0 Å². The number of hydrogen-bond acceptors (Lipinski definition) is 1. The van der Waals surface area contributed by atoms with E-state index in [9.17, 15) is 9.90 Å². The smallest absolute Gasteiger partial charge is 0.335 e. The number of allylic oxidation sites excluding steroid dienone is 3. The molecule has 0 aliphatic heterocycles. The number of fused-ring (bicyclic) bond motifs is 3. The fraction of sp³-hybridized carbons (Fsp3) is 0.577. The Morgan fingerprint density at radius 1 is 1.14 bits per heavy atom. The second kappa shape index (κ2) is 11.2. The molecule has 2 nitrogen and oxygen atoms in total. The first-order chi connectivity index (χ1) is 13.6. The van der Waals surface area contributed by atoms with Gasteiger partial charge in [0.25, 0.3) is 0 Å². The van der Waals surface area contributed by atoms with Gasteiger partial charge in [0.05, 0.1) is 5.56 Å². The highest BCUT2D eigenvalue weighted by Crippen LogP contribution is 2.49. The van der Waals surface area contributed by atoms with Crippen LogP contribution in [0.4, 0.5) is 0 Å². The SMILES string of the molecule is C=C(CCCCCCCC)C1Cc2cccc(C(=O)O)c2C2C=CCC12.CC. The fourth-order valence-electron chi connectivity index (χ4n) is 4.92. The van der Waals surface area contributed by atoms with Crippen molar-refractivity contribution < 1.29 is 9.90 Å². The summed E-state index contributed by atoms with van der Waals surface area (Å²) in [6.07, 6.45) is 15.5. The van der Waals surface area contributed by atoms with Crippen LogP contribution in [0.5, 0.6) is 0 Å². The van der Waals surface area contributed by atoms with Gasteiger partial charge in [0.15, 0.2) is 0 Å². The van der Waals surface area contributed by atoms with Crippen LogP contribution < -0.4 is 0 Å². The Labute approximate surface area is 171 Å². The zero-order valence-electron chi connectivity index (χ0n) is 18.0. The van der Waals surface area contributed by atoms with Crippen LogP contribution in [0.3, 0.4) is 0 Å². The summed E-state index contributed by atoms with van der Waals surface area (Å²) in [5.74, 6) is 0.431. The van der Waals surface area contributed by atoms with Crippen molar-refractivity contribution in [2.45, 2.75) is 84.5 Å². The van der Waals surface area contributed by atoms with Crippen LogP contribution in [0.1, 0.15) is 99.5 Å². The number of carboxylic acids is 1. The summed E-state index contributed by atoms with van der Waals surface area (Å²) in [6.45, 7) is 10.7. The highest BCUT2D eigenvalue weighted by Gasteiger charge is 2.39. The summed E-state index contributed by atoms with van der Waals surface area (Å²) in [5.41, 5.74) is 4.14. The standard InChI is InChI=1S/C24H32O2.C2H6/c1-3-4-5-6-7-8-11-17(2)22-16-18-12-9-15-21(24(25)26)23(18)20-14-10-13-19(20)22;1-2/h9-10,12,14-15,19-20,22H,2-8,11,13,16H2,1H3,(H,25,26);1-2H3.